The Hall–Kier alpha value is -0.900. The minimum atomic E-state index is 0.245. The Morgan fingerprint density at radius 1 is 1.16 bits per heavy atom. The summed E-state index contributed by atoms with van der Waals surface area (Å²) in [6.07, 6.45) is 0. The number of aromatic nitrogens is 1. The lowest BCUT2D eigenvalue weighted by Crippen LogP contribution is -2.28. The van der Waals surface area contributed by atoms with Crippen molar-refractivity contribution in [3.8, 4) is 0 Å². The van der Waals surface area contributed by atoms with E-state index in [1.165, 1.54) is 5.56 Å². The van der Waals surface area contributed by atoms with E-state index in [2.05, 4.69) is 48.6 Å². The van der Waals surface area contributed by atoms with E-state index in [0.717, 1.165) is 10.7 Å². The lowest BCUT2D eigenvalue weighted by molar-refractivity contribution is 0.371. The van der Waals surface area contributed by atoms with Crippen molar-refractivity contribution in [1.82, 2.24) is 10.3 Å². The first kappa shape index (κ1) is 14.5. The largest absolute Gasteiger partial charge is 0.302 e. The van der Waals surface area contributed by atoms with Gasteiger partial charge in [0, 0.05) is 22.5 Å². The van der Waals surface area contributed by atoms with Gasteiger partial charge in [0.2, 0.25) is 0 Å². The minimum Gasteiger partial charge on any atom is -0.302 e. The van der Waals surface area contributed by atoms with Crippen molar-refractivity contribution in [3.05, 3.63) is 51.4 Å². The molecule has 1 N–H and O–H groups in total. The lowest BCUT2D eigenvalue weighted by atomic mass is 9.95. The number of nitrogens with zero attached hydrogens (tertiary/aromatic N) is 1. The molecule has 1 heterocycles. The maximum atomic E-state index is 5.95. The molecule has 0 aliphatic heterocycles. The van der Waals surface area contributed by atoms with E-state index in [0.29, 0.717) is 12.0 Å². The molecular weight excluding hydrogens is 276 g/mol. The van der Waals surface area contributed by atoms with E-state index in [4.69, 9.17) is 11.6 Å². The summed E-state index contributed by atoms with van der Waals surface area (Å²) in [6, 6.07) is 8.62. The van der Waals surface area contributed by atoms with Crippen molar-refractivity contribution in [2.75, 3.05) is 0 Å². The Bertz CT molecular complexity index is 493. The molecule has 2 unspecified atom stereocenters. The number of thiazole rings is 1. The molecule has 0 saturated carbocycles. The lowest BCUT2D eigenvalue weighted by Gasteiger charge is -2.26. The predicted molar refractivity (Wildman–Crippen MR) is 82.7 cm³/mol. The highest BCUT2D eigenvalue weighted by Gasteiger charge is 2.19. The van der Waals surface area contributed by atoms with Crippen LogP contribution in [0.3, 0.4) is 0 Å². The van der Waals surface area contributed by atoms with Gasteiger partial charge in [-0.05, 0) is 30.5 Å². The van der Waals surface area contributed by atoms with Gasteiger partial charge in [0.1, 0.15) is 0 Å². The Labute approximate surface area is 123 Å². The Morgan fingerprint density at radius 3 is 2.37 bits per heavy atom. The van der Waals surface area contributed by atoms with Gasteiger partial charge in [-0.1, -0.05) is 37.6 Å². The van der Waals surface area contributed by atoms with E-state index in [-0.39, 0.29) is 6.04 Å². The van der Waals surface area contributed by atoms with Crippen LogP contribution in [0, 0.1) is 5.92 Å². The molecule has 0 aliphatic carbocycles. The molecule has 2 nitrogen and oxygen atoms in total. The summed E-state index contributed by atoms with van der Waals surface area (Å²) in [7, 11) is 0. The van der Waals surface area contributed by atoms with Crippen LogP contribution in [0.5, 0.6) is 0 Å². The van der Waals surface area contributed by atoms with E-state index < -0.39 is 0 Å². The van der Waals surface area contributed by atoms with Crippen molar-refractivity contribution in [1.29, 1.82) is 0 Å². The maximum Gasteiger partial charge on any atom is 0.0795 e. The number of hydrogen-bond donors (Lipinski definition) is 1. The Balaban J connectivity index is 2.14. The van der Waals surface area contributed by atoms with Crippen LogP contribution in [0.1, 0.15) is 44.1 Å². The van der Waals surface area contributed by atoms with Crippen LogP contribution >= 0.6 is 22.9 Å². The standard InChI is InChI=1S/C15H19ClN2S/c1-10(2)15(12-4-6-13(16)7-5-12)18-11(3)14-8-19-9-17-14/h4-11,15,18H,1-3H3. The summed E-state index contributed by atoms with van der Waals surface area (Å²) >= 11 is 7.59. The summed E-state index contributed by atoms with van der Waals surface area (Å²) in [5.74, 6) is 0.502. The van der Waals surface area contributed by atoms with Crippen LogP contribution < -0.4 is 5.32 Å². The molecule has 0 amide bonds. The number of hydrogen-bond acceptors (Lipinski definition) is 3. The van der Waals surface area contributed by atoms with Crippen molar-refractivity contribution in [3.63, 3.8) is 0 Å². The van der Waals surface area contributed by atoms with Gasteiger partial charge in [0.05, 0.1) is 11.2 Å². The van der Waals surface area contributed by atoms with Gasteiger partial charge in [-0.2, -0.15) is 0 Å². The molecule has 0 spiro atoms. The first-order valence-corrected chi connectivity index (χ1v) is 7.79. The van der Waals surface area contributed by atoms with Crippen LogP contribution in [-0.4, -0.2) is 4.98 Å². The van der Waals surface area contributed by atoms with Crippen molar-refractivity contribution < 1.29 is 0 Å². The third kappa shape index (κ3) is 3.78. The molecule has 2 atom stereocenters. The van der Waals surface area contributed by atoms with Gasteiger partial charge in [0.25, 0.3) is 0 Å². The highest BCUT2D eigenvalue weighted by atomic mass is 35.5. The fourth-order valence-corrected chi connectivity index (χ4v) is 2.91. The highest BCUT2D eigenvalue weighted by Crippen LogP contribution is 2.26. The first-order chi connectivity index (χ1) is 9.08. The number of halogens is 1. The zero-order chi connectivity index (χ0) is 13.8. The normalized spacial score (nSPS) is 14.6. The summed E-state index contributed by atoms with van der Waals surface area (Å²) in [4.78, 5) is 4.37. The monoisotopic (exact) mass is 294 g/mol. The summed E-state index contributed by atoms with van der Waals surface area (Å²) in [5.41, 5.74) is 4.24. The number of benzene rings is 1. The Kier molecular flexibility index (Phi) is 4.97. The van der Waals surface area contributed by atoms with Gasteiger partial charge in [-0.15, -0.1) is 11.3 Å². The molecule has 4 heteroatoms. The Morgan fingerprint density at radius 2 is 1.84 bits per heavy atom. The van der Waals surface area contributed by atoms with Crippen molar-refractivity contribution in [2.45, 2.75) is 32.9 Å². The van der Waals surface area contributed by atoms with Crippen molar-refractivity contribution in [2.24, 2.45) is 5.92 Å². The van der Waals surface area contributed by atoms with Crippen LogP contribution in [0.25, 0.3) is 0 Å². The quantitative estimate of drug-likeness (QED) is 0.853. The first-order valence-electron chi connectivity index (χ1n) is 6.47. The summed E-state index contributed by atoms with van der Waals surface area (Å²) in [5, 5.41) is 6.53. The number of nitrogens with one attached hydrogen (secondary N) is 1. The number of rotatable bonds is 5. The predicted octanol–water partition coefficient (Wildman–Crippen LogP) is 4.84. The topological polar surface area (TPSA) is 24.9 Å². The molecule has 0 aliphatic rings. The maximum absolute atomic E-state index is 5.95. The average molecular weight is 295 g/mol. The van der Waals surface area contributed by atoms with Gasteiger partial charge < -0.3 is 5.32 Å². The molecule has 1 aromatic heterocycles. The fourth-order valence-electron chi connectivity index (χ4n) is 2.13. The second-order valence-electron chi connectivity index (χ2n) is 5.07. The fraction of sp³-hybridized carbons (Fsp3) is 0.400. The average Bonchev–Trinajstić information content (AvgIpc) is 2.90. The second kappa shape index (κ2) is 6.51. The summed E-state index contributed by atoms with van der Waals surface area (Å²) in [6.45, 7) is 6.60. The SMILES string of the molecule is CC(NC(c1ccc(Cl)cc1)C(C)C)c1cscn1. The third-order valence-corrected chi connectivity index (χ3v) is 4.08. The van der Waals surface area contributed by atoms with Gasteiger partial charge in [-0.25, -0.2) is 4.98 Å². The zero-order valence-corrected chi connectivity index (χ0v) is 13.0. The van der Waals surface area contributed by atoms with E-state index in [1.54, 1.807) is 11.3 Å². The molecular formula is C15H19ClN2S. The van der Waals surface area contributed by atoms with Crippen LogP contribution in [-0.2, 0) is 0 Å². The molecule has 2 rings (SSSR count). The van der Waals surface area contributed by atoms with Crippen molar-refractivity contribution >= 4 is 22.9 Å². The van der Waals surface area contributed by atoms with Crippen LogP contribution in [0.2, 0.25) is 5.02 Å². The highest BCUT2D eigenvalue weighted by molar-refractivity contribution is 7.07. The zero-order valence-electron chi connectivity index (χ0n) is 11.4. The molecule has 19 heavy (non-hydrogen) atoms. The molecule has 1 aromatic carbocycles. The molecule has 0 fully saturated rings. The molecule has 0 radical (unpaired) electrons. The third-order valence-electron chi connectivity index (χ3n) is 3.22. The molecule has 0 saturated heterocycles. The van der Waals surface area contributed by atoms with E-state index in [9.17, 15) is 0 Å². The van der Waals surface area contributed by atoms with Gasteiger partial charge in [0.15, 0.2) is 0 Å². The van der Waals surface area contributed by atoms with E-state index >= 15 is 0 Å². The smallest absolute Gasteiger partial charge is 0.0795 e. The van der Waals surface area contributed by atoms with Gasteiger partial charge in [-0.3, -0.25) is 0 Å². The van der Waals surface area contributed by atoms with Gasteiger partial charge >= 0.3 is 0 Å². The molecule has 102 valence electrons. The van der Waals surface area contributed by atoms with Crippen LogP contribution in [0.4, 0.5) is 0 Å². The summed E-state index contributed by atoms with van der Waals surface area (Å²) < 4.78 is 0. The van der Waals surface area contributed by atoms with E-state index in [1.807, 2.05) is 17.6 Å². The second-order valence-corrected chi connectivity index (χ2v) is 6.23. The van der Waals surface area contributed by atoms with Crippen LogP contribution in [0.15, 0.2) is 35.2 Å². The minimum absolute atomic E-state index is 0.245. The molecule has 2 aromatic rings. The molecule has 0 bridgehead atoms.